The summed E-state index contributed by atoms with van der Waals surface area (Å²) in [7, 11) is 1.72. The second-order valence-electron chi connectivity index (χ2n) is 5.78. The zero-order chi connectivity index (χ0) is 13.5. The monoisotopic (exact) mass is 380 g/mol. The highest BCUT2D eigenvalue weighted by Crippen LogP contribution is 2.42. The SMILES string of the molecule is COC(c1nc(Cl)c(I)c(C(C)(C)C)n1)C1CC1. The minimum atomic E-state index is -0.0420. The molecule has 1 aliphatic carbocycles. The second kappa shape index (κ2) is 5.21. The predicted octanol–water partition coefficient (Wildman–Crippen LogP) is 4.13. The third kappa shape index (κ3) is 2.96. The Bertz CT molecular complexity index is 455. The van der Waals surface area contributed by atoms with Crippen LogP contribution < -0.4 is 0 Å². The van der Waals surface area contributed by atoms with Crippen molar-refractivity contribution in [2.24, 2.45) is 5.92 Å². The molecule has 1 saturated carbocycles. The molecule has 1 unspecified atom stereocenters. The molecule has 5 heteroatoms. The number of ether oxygens (including phenoxy) is 1. The molecule has 0 aromatic carbocycles. The van der Waals surface area contributed by atoms with Gasteiger partial charge in [0.15, 0.2) is 5.82 Å². The lowest BCUT2D eigenvalue weighted by Gasteiger charge is -2.22. The van der Waals surface area contributed by atoms with Crippen molar-refractivity contribution in [3.63, 3.8) is 0 Å². The number of rotatable bonds is 3. The van der Waals surface area contributed by atoms with Crippen molar-refractivity contribution in [2.45, 2.75) is 45.1 Å². The first-order valence-corrected chi connectivity index (χ1v) is 7.56. The van der Waals surface area contributed by atoms with Gasteiger partial charge in [-0.3, -0.25) is 0 Å². The molecule has 18 heavy (non-hydrogen) atoms. The maximum atomic E-state index is 6.24. The van der Waals surface area contributed by atoms with E-state index in [0.29, 0.717) is 11.1 Å². The van der Waals surface area contributed by atoms with Gasteiger partial charge < -0.3 is 4.74 Å². The molecule has 1 aromatic heterocycles. The van der Waals surface area contributed by atoms with Crippen LogP contribution in [0.3, 0.4) is 0 Å². The number of halogens is 2. The zero-order valence-corrected chi connectivity index (χ0v) is 14.0. The molecule has 0 bridgehead atoms. The number of nitrogens with zero attached hydrogens (tertiary/aromatic N) is 2. The Kier molecular flexibility index (Phi) is 4.19. The molecule has 1 aromatic rings. The molecule has 0 N–H and O–H groups in total. The first-order chi connectivity index (χ1) is 8.34. The third-order valence-corrected chi connectivity index (χ3v) is 4.71. The molecule has 2 rings (SSSR count). The Hall–Kier alpha value is 0.0600. The van der Waals surface area contributed by atoms with Gasteiger partial charge in [0.1, 0.15) is 11.3 Å². The van der Waals surface area contributed by atoms with Gasteiger partial charge in [0.25, 0.3) is 0 Å². The number of aromatic nitrogens is 2. The minimum Gasteiger partial charge on any atom is -0.373 e. The quantitative estimate of drug-likeness (QED) is 0.584. The largest absolute Gasteiger partial charge is 0.373 e. The van der Waals surface area contributed by atoms with Gasteiger partial charge in [-0.05, 0) is 41.4 Å². The van der Waals surface area contributed by atoms with Crippen molar-refractivity contribution >= 4 is 34.2 Å². The van der Waals surface area contributed by atoms with E-state index in [1.807, 2.05) is 0 Å². The van der Waals surface area contributed by atoms with Crippen LogP contribution in [0.15, 0.2) is 0 Å². The van der Waals surface area contributed by atoms with E-state index in [9.17, 15) is 0 Å². The smallest absolute Gasteiger partial charge is 0.159 e. The summed E-state index contributed by atoms with van der Waals surface area (Å²) >= 11 is 8.45. The van der Waals surface area contributed by atoms with E-state index < -0.39 is 0 Å². The van der Waals surface area contributed by atoms with Gasteiger partial charge in [-0.2, -0.15) is 0 Å². The zero-order valence-electron chi connectivity index (χ0n) is 11.1. The van der Waals surface area contributed by atoms with Crippen LogP contribution in [-0.2, 0) is 10.2 Å². The molecule has 100 valence electrons. The standard InChI is InChI=1S/C13H18ClIN2O/c1-13(2,3)10-8(15)11(14)17-12(16-10)9(18-4)7-5-6-7/h7,9H,5-6H2,1-4H3. The van der Waals surface area contributed by atoms with Crippen LogP contribution in [0, 0.1) is 9.49 Å². The predicted molar refractivity (Wildman–Crippen MR) is 80.9 cm³/mol. The molecule has 1 atom stereocenters. The van der Waals surface area contributed by atoms with Gasteiger partial charge in [-0.25, -0.2) is 9.97 Å². The van der Waals surface area contributed by atoms with Gasteiger partial charge in [-0.1, -0.05) is 32.4 Å². The van der Waals surface area contributed by atoms with Crippen LogP contribution in [0.25, 0.3) is 0 Å². The van der Waals surface area contributed by atoms with Crippen molar-refractivity contribution in [2.75, 3.05) is 7.11 Å². The summed E-state index contributed by atoms with van der Waals surface area (Å²) in [4.78, 5) is 9.11. The summed E-state index contributed by atoms with van der Waals surface area (Å²) in [5, 5.41) is 0.535. The minimum absolute atomic E-state index is 0.0133. The molecular formula is C13H18ClIN2O. The first-order valence-electron chi connectivity index (χ1n) is 6.10. The van der Waals surface area contributed by atoms with Gasteiger partial charge in [0.2, 0.25) is 0 Å². The Morgan fingerprint density at radius 3 is 2.39 bits per heavy atom. The number of hydrogen-bond acceptors (Lipinski definition) is 3. The fourth-order valence-corrected chi connectivity index (χ4v) is 3.19. The van der Waals surface area contributed by atoms with Crippen LogP contribution >= 0.6 is 34.2 Å². The van der Waals surface area contributed by atoms with E-state index in [2.05, 4.69) is 48.3 Å². The van der Waals surface area contributed by atoms with E-state index >= 15 is 0 Å². The van der Waals surface area contributed by atoms with Crippen molar-refractivity contribution in [1.29, 1.82) is 0 Å². The summed E-state index contributed by atoms with van der Waals surface area (Å²) in [6.45, 7) is 6.41. The molecule has 1 fully saturated rings. The highest BCUT2D eigenvalue weighted by molar-refractivity contribution is 14.1. The van der Waals surface area contributed by atoms with Crippen molar-refractivity contribution < 1.29 is 4.74 Å². The molecule has 1 heterocycles. The van der Waals surface area contributed by atoms with Crippen molar-refractivity contribution in [3.8, 4) is 0 Å². The average Bonchev–Trinajstić information content (AvgIpc) is 3.06. The molecule has 0 amide bonds. The molecule has 0 spiro atoms. The van der Waals surface area contributed by atoms with Crippen LogP contribution in [0.5, 0.6) is 0 Å². The Labute approximate surface area is 127 Å². The van der Waals surface area contributed by atoms with Crippen LogP contribution in [-0.4, -0.2) is 17.1 Å². The fraction of sp³-hybridized carbons (Fsp3) is 0.692. The van der Waals surface area contributed by atoms with Gasteiger partial charge >= 0.3 is 0 Å². The third-order valence-electron chi connectivity index (χ3n) is 3.10. The summed E-state index contributed by atoms with van der Waals surface area (Å²) in [6.07, 6.45) is 2.37. The van der Waals surface area contributed by atoms with Crippen LogP contribution in [0.1, 0.15) is 51.2 Å². The second-order valence-corrected chi connectivity index (χ2v) is 7.22. The van der Waals surface area contributed by atoms with E-state index in [4.69, 9.17) is 21.3 Å². The topological polar surface area (TPSA) is 35.0 Å². The molecule has 3 nitrogen and oxygen atoms in total. The maximum absolute atomic E-state index is 6.24. The van der Waals surface area contributed by atoms with Crippen molar-refractivity contribution in [1.82, 2.24) is 9.97 Å². The van der Waals surface area contributed by atoms with E-state index in [1.165, 1.54) is 12.8 Å². The Balaban J connectivity index is 2.46. The number of hydrogen-bond donors (Lipinski definition) is 0. The molecule has 0 radical (unpaired) electrons. The van der Waals surface area contributed by atoms with Crippen LogP contribution in [0.4, 0.5) is 0 Å². The van der Waals surface area contributed by atoms with Gasteiger partial charge in [-0.15, -0.1) is 0 Å². The highest BCUT2D eigenvalue weighted by atomic mass is 127. The van der Waals surface area contributed by atoms with E-state index in [0.717, 1.165) is 15.1 Å². The lowest BCUT2D eigenvalue weighted by molar-refractivity contribution is 0.0768. The lowest BCUT2D eigenvalue weighted by atomic mass is 9.92. The Morgan fingerprint density at radius 1 is 1.33 bits per heavy atom. The summed E-state index contributed by atoms with van der Waals surface area (Å²) in [5.41, 5.74) is 0.959. The van der Waals surface area contributed by atoms with Crippen LogP contribution in [0.2, 0.25) is 5.15 Å². The number of methoxy groups -OCH3 is 1. The van der Waals surface area contributed by atoms with Crippen molar-refractivity contribution in [3.05, 3.63) is 20.2 Å². The van der Waals surface area contributed by atoms with E-state index in [-0.39, 0.29) is 11.5 Å². The molecule has 1 aliphatic rings. The summed E-state index contributed by atoms with van der Waals surface area (Å²) < 4.78 is 6.48. The summed E-state index contributed by atoms with van der Waals surface area (Å²) in [5.74, 6) is 1.29. The molecule has 0 saturated heterocycles. The van der Waals surface area contributed by atoms with Gasteiger partial charge in [0.05, 0.1) is 9.26 Å². The first kappa shape index (κ1) is 14.5. The van der Waals surface area contributed by atoms with Gasteiger partial charge in [0, 0.05) is 12.5 Å². The molecule has 0 aliphatic heterocycles. The fourth-order valence-electron chi connectivity index (χ4n) is 1.97. The molecular weight excluding hydrogens is 363 g/mol. The maximum Gasteiger partial charge on any atom is 0.159 e. The Morgan fingerprint density at radius 2 is 1.94 bits per heavy atom. The average molecular weight is 381 g/mol. The lowest BCUT2D eigenvalue weighted by Crippen LogP contribution is -2.20. The van der Waals surface area contributed by atoms with E-state index in [1.54, 1.807) is 7.11 Å². The normalized spacial score (nSPS) is 17.9. The highest BCUT2D eigenvalue weighted by Gasteiger charge is 2.35. The summed E-state index contributed by atoms with van der Waals surface area (Å²) in [6, 6.07) is 0.